The molecule has 1 unspecified atom stereocenters. The second-order valence-corrected chi connectivity index (χ2v) is 6.73. The summed E-state index contributed by atoms with van der Waals surface area (Å²) in [6.45, 7) is 6.45. The molecule has 0 saturated carbocycles. The summed E-state index contributed by atoms with van der Waals surface area (Å²) in [4.78, 5) is 2.13. The van der Waals surface area contributed by atoms with Crippen LogP contribution < -0.4 is 5.32 Å². The molecule has 1 fully saturated rings. The monoisotopic (exact) mass is 344 g/mol. The van der Waals surface area contributed by atoms with Crippen molar-refractivity contribution < 1.29 is 9.15 Å². The van der Waals surface area contributed by atoms with Crippen LogP contribution in [0.2, 0.25) is 0 Å². The zero-order chi connectivity index (χ0) is 16.9. The highest BCUT2D eigenvalue weighted by Gasteiger charge is 2.22. The predicted octanol–water partition coefficient (Wildman–Crippen LogP) is 4.27. The van der Waals surface area contributed by atoms with Crippen LogP contribution in [-0.4, -0.2) is 29.3 Å². The van der Waals surface area contributed by atoms with Crippen molar-refractivity contribution in [3.63, 3.8) is 0 Å². The van der Waals surface area contributed by atoms with Crippen LogP contribution in [0.4, 0.5) is 5.69 Å². The second kappa shape index (κ2) is 7.81. The van der Waals surface area contributed by atoms with Crippen molar-refractivity contribution in [2.75, 3.05) is 18.5 Å². The molecule has 0 bridgehead atoms. The van der Waals surface area contributed by atoms with Crippen molar-refractivity contribution in [1.82, 2.24) is 4.90 Å². The largest absolute Gasteiger partial charge is 0.467 e. The highest BCUT2D eigenvalue weighted by atomic mass is 32.1. The Bertz CT molecular complexity index is 679. The molecule has 2 aromatic rings. The summed E-state index contributed by atoms with van der Waals surface area (Å²) in [5.74, 6) is 0.901. The third-order valence-corrected chi connectivity index (χ3v) is 4.65. The summed E-state index contributed by atoms with van der Waals surface area (Å²) in [5.41, 5.74) is 3.48. The minimum absolute atomic E-state index is 0.235. The van der Waals surface area contributed by atoms with Gasteiger partial charge in [-0.05, 0) is 62.7 Å². The Kier molecular flexibility index (Phi) is 5.53. The first-order chi connectivity index (χ1) is 11.6. The number of furan rings is 1. The van der Waals surface area contributed by atoms with Gasteiger partial charge in [-0.1, -0.05) is 17.7 Å². The van der Waals surface area contributed by atoms with Gasteiger partial charge in [0, 0.05) is 18.8 Å². The highest BCUT2D eigenvalue weighted by molar-refractivity contribution is 7.80. The summed E-state index contributed by atoms with van der Waals surface area (Å²) in [7, 11) is 0. The number of thiocarbonyl (C=S) groups is 1. The van der Waals surface area contributed by atoms with Crippen molar-refractivity contribution in [2.24, 2.45) is 0 Å². The molecular weight excluding hydrogens is 320 g/mol. The van der Waals surface area contributed by atoms with Crippen molar-refractivity contribution in [3.8, 4) is 0 Å². The molecule has 0 spiro atoms. The number of benzene rings is 1. The van der Waals surface area contributed by atoms with Crippen LogP contribution in [0.5, 0.6) is 0 Å². The maximum atomic E-state index is 5.78. The second-order valence-electron chi connectivity index (χ2n) is 6.34. The fourth-order valence-corrected chi connectivity index (χ4v) is 3.24. The number of hydrogen-bond donors (Lipinski definition) is 1. The van der Waals surface area contributed by atoms with Crippen LogP contribution in [-0.2, 0) is 11.3 Å². The molecule has 1 atom stereocenters. The van der Waals surface area contributed by atoms with Crippen LogP contribution >= 0.6 is 12.2 Å². The third-order valence-electron chi connectivity index (χ3n) is 4.29. The van der Waals surface area contributed by atoms with E-state index >= 15 is 0 Å². The molecule has 4 nitrogen and oxygen atoms in total. The van der Waals surface area contributed by atoms with Crippen LogP contribution in [0.1, 0.15) is 29.7 Å². The molecule has 1 N–H and O–H groups in total. The SMILES string of the molecule is Cc1ccc(NC(=S)N(Cc2ccco2)CC2CCCO2)c(C)c1. The van der Waals surface area contributed by atoms with Crippen molar-refractivity contribution >= 4 is 23.0 Å². The summed E-state index contributed by atoms with van der Waals surface area (Å²) in [6, 6.07) is 10.2. The quantitative estimate of drug-likeness (QED) is 0.820. The molecule has 0 amide bonds. The van der Waals surface area contributed by atoms with Gasteiger partial charge in [-0.25, -0.2) is 0 Å². The Morgan fingerprint density at radius 2 is 2.21 bits per heavy atom. The molecule has 0 radical (unpaired) electrons. The lowest BCUT2D eigenvalue weighted by Crippen LogP contribution is -2.39. The predicted molar refractivity (Wildman–Crippen MR) is 100 cm³/mol. The molecular formula is C19H24N2O2S. The van der Waals surface area contributed by atoms with Gasteiger partial charge >= 0.3 is 0 Å². The molecule has 24 heavy (non-hydrogen) atoms. The maximum Gasteiger partial charge on any atom is 0.173 e. The van der Waals surface area contributed by atoms with E-state index < -0.39 is 0 Å². The summed E-state index contributed by atoms with van der Waals surface area (Å²) >= 11 is 5.68. The Morgan fingerprint density at radius 3 is 2.88 bits per heavy atom. The van der Waals surface area contributed by atoms with Gasteiger partial charge < -0.3 is 19.4 Å². The maximum absolute atomic E-state index is 5.78. The number of hydrogen-bond acceptors (Lipinski definition) is 3. The van der Waals surface area contributed by atoms with E-state index in [0.29, 0.717) is 11.7 Å². The number of rotatable bonds is 5. The topological polar surface area (TPSA) is 37.6 Å². The highest BCUT2D eigenvalue weighted by Crippen LogP contribution is 2.19. The third kappa shape index (κ3) is 4.36. The van der Waals surface area contributed by atoms with E-state index in [1.807, 2.05) is 12.1 Å². The van der Waals surface area contributed by atoms with E-state index in [4.69, 9.17) is 21.4 Å². The van der Waals surface area contributed by atoms with E-state index in [9.17, 15) is 0 Å². The molecule has 2 heterocycles. The Hall–Kier alpha value is -1.85. The first kappa shape index (κ1) is 17.0. The lowest BCUT2D eigenvalue weighted by atomic mass is 10.1. The van der Waals surface area contributed by atoms with E-state index in [1.165, 1.54) is 11.1 Å². The average molecular weight is 344 g/mol. The van der Waals surface area contributed by atoms with Crippen LogP contribution in [0, 0.1) is 13.8 Å². The molecule has 5 heteroatoms. The van der Waals surface area contributed by atoms with E-state index in [2.05, 4.69) is 42.3 Å². The van der Waals surface area contributed by atoms with Gasteiger partial charge in [-0.15, -0.1) is 0 Å². The molecule has 1 aliphatic heterocycles. The Labute approximate surface area is 148 Å². The van der Waals surface area contributed by atoms with Crippen LogP contribution in [0.15, 0.2) is 41.0 Å². The standard InChI is InChI=1S/C19H24N2O2S/c1-14-7-8-18(15(2)11-14)20-19(24)21(12-16-5-3-9-22-16)13-17-6-4-10-23-17/h3,5,7-9,11,17H,4,6,10,12-13H2,1-2H3,(H,20,24). The minimum Gasteiger partial charge on any atom is -0.467 e. The smallest absolute Gasteiger partial charge is 0.173 e. The van der Waals surface area contributed by atoms with Crippen LogP contribution in [0.25, 0.3) is 0 Å². The van der Waals surface area contributed by atoms with Crippen molar-refractivity contribution in [3.05, 3.63) is 53.5 Å². The van der Waals surface area contributed by atoms with Gasteiger partial charge in [0.15, 0.2) is 5.11 Å². The summed E-state index contributed by atoms with van der Waals surface area (Å²) < 4.78 is 11.3. The number of aryl methyl sites for hydroxylation is 2. The van der Waals surface area contributed by atoms with Gasteiger partial charge in [0.2, 0.25) is 0 Å². The number of anilines is 1. The molecule has 0 aliphatic carbocycles. The zero-order valence-electron chi connectivity index (χ0n) is 14.2. The summed E-state index contributed by atoms with van der Waals surface area (Å²) in [5, 5.41) is 4.09. The Morgan fingerprint density at radius 1 is 1.33 bits per heavy atom. The fourth-order valence-electron chi connectivity index (χ4n) is 2.99. The number of nitrogens with zero attached hydrogens (tertiary/aromatic N) is 1. The number of nitrogens with one attached hydrogen (secondary N) is 1. The van der Waals surface area contributed by atoms with E-state index in [0.717, 1.165) is 37.4 Å². The lowest BCUT2D eigenvalue weighted by Gasteiger charge is -2.28. The Balaban J connectivity index is 1.71. The van der Waals surface area contributed by atoms with E-state index in [-0.39, 0.29) is 6.10 Å². The first-order valence-corrected chi connectivity index (χ1v) is 8.80. The molecule has 1 saturated heterocycles. The molecule has 1 aromatic carbocycles. The lowest BCUT2D eigenvalue weighted by molar-refractivity contribution is 0.0892. The van der Waals surface area contributed by atoms with Crippen molar-refractivity contribution in [1.29, 1.82) is 0 Å². The molecule has 128 valence electrons. The summed E-state index contributed by atoms with van der Waals surface area (Å²) in [6.07, 6.45) is 4.14. The fraction of sp³-hybridized carbons (Fsp3) is 0.421. The first-order valence-electron chi connectivity index (χ1n) is 8.39. The molecule has 1 aliphatic rings. The van der Waals surface area contributed by atoms with Gasteiger partial charge in [-0.3, -0.25) is 0 Å². The molecule has 1 aromatic heterocycles. The zero-order valence-corrected chi connectivity index (χ0v) is 15.1. The number of ether oxygens (including phenoxy) is 1. The average Bonchev–Trinajstić information content (AvgIpc) is 3.23. The van der Waals surface area contributed by atoms with Crippen molar-refractivity contribution in [2.45, 2.75) is 39.3 Å². The van der Waals surface area contributed by atoms with Gasteiger partial charge in [0.1, 0.15) is 5.76 Å². The van der Waals surface area contributed by atoms with Gasteiger partial charge in [0.25, 0.3) is 0 Å². The van der Waals surface area contributed by atoms with Gasteiger partial charge in [-0.2, -0.15) is 0 Å². The molecule has 3 rings (SSSR count). The minimum atomic E-state index is 0.235. The normalized spacial score (nSPS) is 17.0. The van der Waals surface area contributed by atoms with Crippen LogP contribution in [0.3, 0.4) is 0 Å². The van der Waals surface area contributed by atoms with Gasteiger partial charge in [0.05, 0.1) is 18.9 Å². The van der Waals surface area contributed by atoms with E-state index in [1.54, 1.807) is 6.26 Å².